The fourth-order valence-electron chi connectivity index (χ4n) is 2.49. The number of nitrogens with zero attached hydrogens (tertiary/aromatic N) is 2. The van der Waals surface area contributed by atoms with Gasteiger partial charge in [-0.2, -0.15) is 0 Å². The summed E-state index contributed by atoms with van der Waals surface area (Å²) in [5.41, 5.74) is 0. The van der Waals surface area contributed by atoms with Gasteiger partial charge in [0.05, 0.1) is 11.8 Å². The van der Waals surface area contributed by atoms with Crippen LogP contribution in [0.15, 0.2) is 39.3 Å². The van der Waals surface area contributed by atoms with Crippen LogP contribution >= 0.6 is 15.9 Å². The first kappa shape index (κ1) is 12.9. The number of rotatable bonds is 2. The highest BCUT2D eigenvalue weighted by molar-refractivity contribution is 9.11. The van der Waals surface area contributed by atoms with Gasteiger partial charge in [-0.15, -0.1) is 10.2 Å². The van der Waals surface area contributed by atoms with Gasteiger partial charge >= 0.3 is 0 Å². The topological polar surface area (TPSA) is 38.9 Å². The largest absolute Gasteiger partial charge is 0.424 e. The molecule has 0 saturated carbocycles. The van der Waals surface area contributed by atoms with Crippen LogP contribution < -0.4 is 0 Å². The van der Waals surface area contributed by atoms with Crippen molar-refractivity contribution in [3.05, 3.63) is 46.6 Å². The first-order valence-electron chi connectivity index (χ1n) is 6.78. The average Bonchev–Trinajstić information content (AvgIpc) is 2.90. The summed E-state index contributed by atoms with van der Waals surface area (Å²) < 4.78 is 6.98. The van der Waals surface area contributed by atoms with Crippen molar-refractivity contribution in [1.82, 2.24) is 10.2 Å². The van der Waals surface area contributed by atoms with E-state index in [-0.39, 0.29) is 5.92 Å². The third-order valence-corrected chi connectivity index (χ3v) is 4.34. The van der Waals surface area contributed by atoms with Gasteiger partial charge in [0.1, 0.15) is 0 Å². The van der Waals surface area contributed by atoms with Crippen molar-refractivity contribution in [2.75, 3.05) is 0 Å². The molecule has 2 aliphatic carbocycles. The Bertz CT molecular complexity index is 528. The molecule has 0 N–H and O–H groups in total. The van der Waals surface area contributed by atoms with Crippen molar-refractivity contribution in [2.24, 2.45) is 5.92 Å². The van der Waals surface area contributed by atoms with Gasteiger partial charge < -0.3 is 4.42 Å². The predicted octanol–water partition coefficient (Wildman–Crippen LogP) is 4.46. The minimum Gasteiger partial charge on any atom is -0.424 e. The highest BCUT2D eigenvalue weighted by atomic mass is 79.9. The lowest BCUT2D eigenvalue weighted by Gasteiger charge is -2.17. The molecule has 0 bridgehead atoms. The van der Waals surface area contributed by atoms with E-state index >= 15 is 0 Å². The minimum absolute atomic E-state index is 0.217. The Morgan fingerprint density at radius 2 is 1.89 bits per heavy atom. The summed E-state index contributed by atoms with van der Waals surface area (Å²) >= 11 is 3.46. The fourth-order valence-corrected chi connectivity index (χ4v) is 2.83. The Kier molecular flexibility index (Phi) is 3.69. The maximum absolute atomic E-state index is 5.86. The van der Waals surface area contributed by atoms with Crippen LogP contribution in [-0.2, 0) is 0 Å². The van der Waals surface area contributed by atoms with Crippen molar-refractivity contribution < 1.29 is 4.42 Å². The molecule has 1 heterocycles. The number of aromatic nitrogens is 2. The van der Waals surface area contributed by atoms with Gasteiger partial charge in [-0.25, -0.2) is 0 Å². The normalized spacial score (nSPS) is 30.4. The van der Waals surface area contributed by atoms with Crippen LogP contribution in [-0.4, -0.2) is 10.2 Å². The molecule has 3 nitrogen and oxygen atoms in total. The van der Waals surface area contributed by atoms with Crippen molar-refractivity contribution in [3.8, 4) is 0 Å². The molecule has 1 aromatic heterocycles. The minimum atomic E-state index is 0.217. The lowest BCUT2D eigenvalue weighted by Crippen LogP contribution is -2.05. The molecule has 3 unspecified atom stereocenters. The number of halogens is 1. The monoisotopic (exact) mass is 320 g/mol. The summed E-state index contributed by atoms with van der Waals surface area (Å²) in [5, 5.41) is 8.44. The first-order valence-corrected chi connectivity index (χ1v) is 7.57. The molecule has 4 heteroatoms. The molecule has 1 aromatic rings. The zero-order valence-electron chi connectivity index (χ0n) is 10.9. The van der Waals surface area contributed by atoms with Gasteiger partial charge in [0.15, 0.2) is 0 Å². The van der Waals surface area contributed by atoms with E-state index < -0.39 is 0 Å². The van der Waals surface area contributed by atoms with Crippen molar-refractivity contribution in [3.63, 3.8) is 0 Å². The van der Waals surface area contributed by atoms with Crippen LogP contribution in [0.1, 0.15) is 49.8 Å². The molecule has 0 spiro atoms. The van der Waals surface area contributed by atoms with Crippen LogP contribution in [0.25, 0.3) is 0 Å². The Labute approximate surface area is 121 Å². The molecule has 0 saturated heterocycles. The van der Waals surface area contributed by atoms with Crippen LogP contribution in [0, 0.1) is 5.92 Å². The predicted molar refractivity (Wildman–Crippen MR) is 78.1 cm³/mol. The molecule has 3 rings (SSSR count). The van der Waals surface area contributed by atoms with Gasteiger partial charge in [0.2, 0.25) is 11.8 Å². The molecular weight excluding hydrogens is 304 g/mol. The van der Waals surface area contributed by atoms with E-state index in [1.165, 1.54) is 6.42 Å². The van der Waals surface area contributed by atoms with E-state index in [1.54, 1.807) is 0 Å². The molecular formula is C15H17BrN2O. The van der Waals surface area contributed by atoms with Crippen LogP contribution in [0.4, 0.5) is 0 Å². The smallest absolute Gasteiger partial charge is 0.223 e. The molecule has 0 aromatic carbocycles. The van der Waals surface area contributed by atoms with Gasteiger partial charge in [-0.3, -0.25) is 0 Å². The van der Waals surface area contributed by atoms with E-state index in [0.29, 0.717) is 11.8 Å². The standard InChI is InChI=1S/C15H17BrN2O/c1-10-2-4-11(5-3-10)14-17-18-15(19-14)12-6-8-13(16)9-7-12/h2,4,6,8-12H,3,5,7H2,1H3. The SMILES string of the molecule is CC1C=CC(c2nnc(C3C=CC(Br)=CC3)o2)CC1. The molecule has 3 atom stereocenters. The maximum atomic E-state index is 5.86. The highest BCUT2D eigenvalue weighted by Crippen LogP contribution is 2.32. The molecule has 100 valence electrons. The van der Waals surface area contributed by atoms with Crippen molar-refractivity contribution in [1.29, 1.82) is 0 Å². The summed E-state index contributed by atoms with van der Waals surface area (Å²) in [4.78, 5) is 0. The number of hydrogen-bond acceptors (Lipinski definition) is 3. The number of allylic oxidation sites excluding steroid dienone is 6. The van der Waals surface area contributed by atoms with Crippen LogP contribution in [0.3, 0.4) is 0 Å². The second-order valence-corrected chi connectivity index (χ2v) is 6.23. The molecule has 19 heavy (non-hydrogen) atoms. The van der Waals surface area contributed by atoms with Gasteiger partial charge in [-0.05, 0) is 25.2 Å². The highest BCUT2D eigenvalue weighted by Gasteiger charge is 2.23. The molecule has 0 amide bonds. The summed E-state index contributed by atoms with van der Waals surface area (Å²) in [6, 6.07) is 0. The van der Waals surface area contributed by atoms with E-state index in [0.717, 1.165) is 29.1 Å². The van der Waals surface area contributed by atoms with Gasteiger partial charge in [-0.1, -0.05) is 53.2 Å². The summed E-state index contributed by atoms with van der Waals surface area (Å²) in [6.07, 6.45) is 14.0. The molecule has 0 aliphatic heterocycles. The Morgan fingerprint density at radius 3 is 2.53 bits per heavy atom. The lowest BCUT2D eigenvalue weighted by atomic mass is 9.90. The summed E-state index contributed by atoms with van der Waals surface area (Å²) in [7, 11) is 0. The fraction of sp³-hybridized carbons (Fsp3) is 0.467. The number of hydrogen-bond donors (Lipinski definition) is 0. The lowest BCUT2D eigenvalue weighted by molar-refractivity contribution is 0.400. The Morgan fingerprint density at radius 1 is 1.11 bits per heavy atom. The molecule has 0 fully saturated rings. The van der Waals surface area contributed by atoms with Gasteiger partial charge in [0, 0.05) is 4.48 Å². The first-order chi connectivity index (χ1) is 9.22. The maximum Gasteiger partial charge on any atom is 0.223 e. The second kappa shape index (κ2) is 5.45. The Hall–Kier alpha value is -1.16. The van der Waals surface area contributed by atoms with E-state index in [2.05, 4.69) is 57.4 Å². The average molecular weight is 321 g/mol. The summed E-state index contributed by atoms with van der Waals surface area (Å²) in [5.74, 6) is 2.68. The van der Waals surface area contributed by atoms with Crippen molar-refractivity contribution >= 4 is 15.9 Å². The Balaban J connectivity index is 1.73. The van der Waals surface area contributed by atoms with Crippen LogP contribution in [0.2, 0.25) is 0 Å². The van der Waals surface area contributed by atoms with Crippen molar-refractivity contribution in [2.45, 2.75) is 38.0 Å². The van der Waals surface area contributed by atoms with E-state index in [4.69, 9.17) is 4.42 Å². The molecule has 0 radical (unpaired) electrons. The van der Waals surface area contributed by atoms with E-state index in [1.807, 2.05) is 6.08 Å². The molecule has 2 aliphatic rings. The third-order valence-electron chi connectivity index (χ3n) is 3.75. The zero-order chi connectivity index (χ0) is 13.2. The van der Waals surface area contributed by atoms with E-state index in [9.17, 15) is 0 Å². The van der Waals surface area contributed by atoms with Crippen LogP contribution in [0.5, 0.6) is 0 Å². The summed E-state index contributed by atoms with van der Waals surface area (Å²) in [6.45, 7) is 2.24. The zero-order valence-corrected chi connectivity index (χ0v) is 12.5. The third kappa shape index (κ3) is 2.89. The van der Waals surface area contributed by atoms with Gasteiger partial charge in [0.25, 0.3) is 0 Å². The second-order valence-electron chi connectivity index (χ2n) is 5.31. The quantitative estimate of drug-likeness (QED) is 0.755.